The molecule has 0 spiro atoms. The molecule has 0 fully saturated rings. The molecular weight excluding hydrogens is 268 g/mol. The number of terminal acetylenes is 1. The quantitative estimate of drug-likeness (QED) is 0.624. The van der Waals surface area contributed by atoms with Gasteiger partial charge in [-0.3, -0.25) is 5.73 Å². The van der Waals surface area contributed by atoms with Gasteiger partial charge in [-0.15, -0.1) is 0 Å². The van der Waals surface area contributed by atoms with E-state index in [2.05, 4.69) is 11.0 Å². The molecule has 0 aliphatic carbocycles. The summed E-state index contributed by atoms with van der Waals surface area (Å²) in [6, 6.07) is 12.1. The van der Waals surface area contributed by atoms with Crippen LogP contribution in [-0.2, 0) is 15.9 Å². The Balaban J connectivity index is 2.49. The fraction of sp³-hybridized carbons (Fsp3) is 0.267. The van der Waals surface area contributed by atoms with Crippen molar-refractivity contribution in [2.75, 3.05) is 14.2 Å². The number of guanidine groups is 1. The average molecular weight is 286 g/mol. The highest BCUT2D eigenvalue weighted by atomic mass is 16.6. The fourth-order valence-corrected chi connectivity index (χ4v) is 2.24. The van der Waals surface area contributed by atoms with E-state index in [0.717, 1.165) is 5.56 Å². The number of aliphatic imine (C=N–C) groups is 1. The third-order valence-corrected chi connectivity index (χ3v) is 3.26. The summed E-state index contributed by atoms with van der Waals surface area (Å²) in [6.45, 7) is 0. The van der Waals surface area contributed by atoms with E-state index in [0.29, 0.717) is 17.9 Å². The molecule has 0 saturated carbocycles. The minimum absolute atomic E-state index is 0.0913. The second-order valence-corrected chi connectivity index (χ2v) is 4.48. The Morgan fingerprint density at radius 1 is 1.33 bits per heavy atom. The Bertz CT molecular complexity index is 618. The van der Waals surface area contributed by atoms with Gasteiger partial charge in [-0.1, -0.05) is 36.8 Å². The van der Waals surface area contributed by atoms with E-state index in [1.807, 2.05) is 30.3 Å². The van der Waals surface area contributed by atoms with Gasteiger partial charge in [-0.05, 0) is 5.56 Å². The largest absolute Gasteiger partial charge is 0.493 e. The van der Waals surface area contributed by atoms with Gasteiger partial charge < -0.3 is 15.2 Å². The number of nitrogens with two attached hydrogens (primary N) is 2. The van der Waals surface area contributed by atoms with E-state index in [1.165, 1.54) is 19.1 Å². The van der Waals surface area contributed by atoms with E-state index in [-0.39, 0.29) is 5.96 Å². The van der Waals surface area contributed by atoms with Crippen LogP contribution in [0.5, 0.6) is 0 Å². The molecule has 1 aliphatic heterocycles. The molecule has 1 aliphatic rings. The summed E-state index contributed by atoms with van der Waals surface area (Å²) in [6.07, 6.45) is 5.94. The maximum absolute atomic E-state index is 6.22. The van der Waals surface area contributed by atoms with E-state index in [1.54, 1.807) is 0 Å². The summed E-state index contributed by atoms with van der Waals surface area (Å²) in [5.41, 5.74) is 13.7. The molecule has 1 atom stereocenters. The third kappa shape index (κ3) is 2.57. The third-order valence-electron chi connectivity index (χ3n) is 3.26. The molecule has 0 amide bonds. The van der Waals surface area contributed by atoms with Crippen molar-refractivity contribution in [1.29, 1.82) is 0 Å². The first-order valence-electron chi connectivity index (χ1n) is 6.33. The number of rotatable bonds is 4. The molecule has 2 rings (SSSR count). The number of hydrogen-bond acceptors (Lipinski definition) is 6. The topological polar surface area (TPSA) is 86.1 Å². The second kappa shape index (κ2) is 5.87. The molecular formula is C15H18N4O2. The van der Waals surface area contributed by atoms with Crippen LogP contribution in [0.15, 0.2) is 46.8 Å². The van der Waals surface area contributed by atoms with Crippen molar-refractivity contribution in [2.45, 2.75) is 12.3 Å². The van der Waals surface area contributed by atoms with E-state index < -0.39 is 5.85 Å². The number of ether oxygens (including phenoxy) is 2. The Labute approximate surface area is 124 Å². The second-order valence-electron chi connectivity index (χ2n) is 4.48. The lowest BCUT2D eigenvalue weighted by molar-refractivity contribution is -0.0822. The molecule has 6 nitrogen and oxygen atoms in total. The Kier molecular flexibility index (Phi) is 4.17. The molecule has 0 saturated heterocycles. The minimum Gasteiger partial charge on any atom is -0.493 e. The van der Waals surface area contributed by atoms with Crippen LogP contribution in [0.1, 0.15) is 5.56 Å². The van der Waals surface area contributed by atoms with Crippen molar-refractivity contribution >= 4 is 5.96 Å². The zero-order valence-corrected chi connectivity index (χ0v) is 12.0. The van der Waals surface area contributed by atoms with Crippen LogP contribution in [0.25, 0.3) is 0 Å². The van der Waals surface area contributed by atoms with Crippen molar-refractivity contribution in [3.8, 4) is 12.5 Å². The summed E-state index contributed by atoms with van der Waals surface area (Å²) in [5.74, 6) is -1.05. The Morgan fingerprint density at radius 3 is 2.52 bits per heavy atom. The van der Waals surface area contributed by atoms with Crippen LogP contribution in [0, 0.1) is 12.5 Å². The zero-order chi connectivity index (χ0) is 15.5. The smallest absolute Gasteiger partial charge is 0.271 e. The van der Waals surface area contributed by atoms with Crippen LogP contribution in [0.2, 0.25) is 0 Å². The van der Waals surface area contributed by atoms with E-state index in [4.69, 9.17) is 27.4 Å². The highest BCUT2D eigenvalue weighted by molar-refractivity contribution is 5.83. The Hall–Kier alpha value is -2.49. The van der Waals surface area contributed by atoms with Gasteiger partial charge in [-0.2, -0.15) is 0 Å². The normalized spacial score (nSPS) is 21.8. The van der Waals surface area contributed by atoms with E-state index >= 15 is 0 Å². The monoisotopic (exact) mass is 286 g/mol. The molecule has 1 heterocycles. The highest BCUT2D eigenvalue weighted by Crippen LogP contribution is 2.30. The van der Waals surface area contributed by atoms with Gasteiger partial charge in [0, 0.05) is 19.6 Å². The van der Waals surface area contributed by atoms with Crippen molar-refractivity contribution in [2.24, 2.45) is 16.5 Å². The molecule has 6 heteroatoms. The SMILES string of the molecule is C#CN1C(N)=NC(Cc2ccccc2)=C(OC)C1(N)OC. The van der Waals surface area contributed by atoms with Crippen LogP contribution in [0.4, 0.5) is 0 Å². The van der Waals surface area contributed by atoms with Crippen molar-refractivity contribution in [1.82, 2.24) is 4.90 Å². The van der Waals surface area contributed by atoms with E-state index in [9.17, 15) is 0 Å². The molecule has 110 valence electrons. The maximum atomic E-state index is 6.22. The molecule has 0 radical (unpaired) electrons. The van der Waals surface area contributed by atoms with Crippen LogP contribution < -0.4 is 11.5 Å². The summed E-state index contributed by atoms with van der Waals surface area (Å²) < 4.78 is 10.7. The van der Waals surface area contributed by atoms with Gasteiger partial charge in [0.25, 0.3) is 5.85 Å². The molecule has 1 aromatic rings. The predicted molar refractivity (Wildman–Crippen MR) is 80.4 cm³/mol. The Morgan fingerprint density at radius 2 is 2.00 bits per heavy atom. The number of nitrogens with zero attached hydrogens (tertiary/aromatic N) is 2. The number of methoxy groups -OCH3 is 2. The van der Waals surface area contributed by atoms with Gasteiger partial charge in [0.1, 0.15) is 0 Å². The highest BCUT2D eigenvalue weighted by Gasteiger charge is 2.44. The minimum atomic E-state index is -1.47. The summed E-state index contributed by atoms with van der Waals surface area (Å²) in [4.78, 5) is 5.49. The first kappa shape index (κ1) is 14.9. The standard InChI is InChI=1S/C15H18N4O2/c1-4-19-14(16)18-12(10-11-8-6-5-7-9-11)13(20-2)15(19,17)21-3/h1,5-9H,10,17H2,2-3H3,(H2,16,18). The average Bonchev–Trinajstić information content (AvgIpc) is 2.48. The number of allylic oxidation sites excluding steroid dienone is 1. The summed E-state index contributed by atoms with van der Waals surface area (Å²) in [7, 11) is 2.93. The summed E-state index contributed by atoms with van der Waals surface area (Å²) in [5, 5.41) is 0. The molecule has 1 aromatic carbocycles. The molecule has 1 unspecified atom stereocenters. The summed E-state index contributed by atoms with van der Waals surface area (Å²) >= 11 is 0. The fourth-order valence-electron chi connectivity index (χ4n) is 2.24. The molecule has 0 bridgehead atoms. The molecule has 21 heavy (non-hydrogen) atoms. The molecule has 0 aromatic heterocycles. The zero-order valence-electron chi connectivity index (χ0n) is 12.0. The number of benzene rings is 1. The lowest BCUT2D eigenvalue weighted by atomic mass is 10.1. The number of hydrogen-bond donors (Lipinski definition) is 2. The maximum Gasteiger partial charge on any atom is 0.271 e. The van der Waals surface area contributed by atoms with Crippen molar-refractivity contribution in [3.63, 3.8) is 0 Å². The lowest BCUT2D eigenvalue weighted by Crippen LogP contribution is -2.63. The lowest BCUT2D eigenvalue weighted by Gasteiger charge is -2.39. The first-order chi connectivity index (χ1) is 10.1. The van der Waals surface area contributed by atoms with Gasteiger partial charge in [0.05, 0.1) is 12.8 Å². The van der Waals surface area contributed by atoms with Crippen LogP contribution >= 0.6 is 0 Å². The van der Waals surface area contributed by atoms with Gasteiger partial charge >= 0.3 is 0 Å². The predicted octanol–water partition coefficient (Wildman–Crippen LogP) is 0.567. The molecule has 4 N–H and O–H groups in total. The van der Waals surface area contributed by atoms with Crippen LogP contribution in [0.3, 0.4) is 0 Å². The van der Waals surface area contributed by atoms with Crippen molar-refractivity contribution < 1.29 is 9.47 Å². The van der Waals surface area contributed by atoms with Gasteiger partial charge in [0.2, 0.25) is 5.96 Å². The van der Waals surface area contributed by atoms with Crippen LogP contribution in [-0.4, -0.2) is 30.9 Å². The van der Waals surface area contributed by atoms with Gasteiger partial charge in [0.15, 0.2) is 5.76 Å². The van der Waals surface area contributed by atoms with Crippen molar-refractivity contribution in [3.05, 3.63) is 47.4 Å². The van der Waals surface area contributed by atoms with Gasteiger partial charge in [-0.25, -0.2) is 9.89 Å². The first-order valence-corrected chi connectivity index (χ1v) is 6.33.